The van der Waals surface area contributed by atoms with E-state index in [9.17, 15) is 0 Å². The smallest absolute Gasteiger partial charge is 0.194 e. The number of hydrogen-bond donors (Lipinski definition) is 1. The van der Waals surface area contributed by atoms with E-state index in [4.69, 9.17) is 0 Å². The molecule has 0 amide bonds. The van der Waals surface area contributed by atoms with Crippen LogP contribution < -0.4 is 5.32 Å². The van der Waals surface area contributed by atoms with Crippen LogP contribution in [0.25, 0.3) is 0 Å². The molecule has 0 bridgehead atoms. The Bertz CT molecular complexity index is 608. The Morgan fingerprint density at radius 3 is 2.68 bits per heavy atom. The van der Waals surface area contributed by atoms with Crippen molar-refractivity contribution in [2.45, 2.75) is 33.9 Å². The third-order valence-electron chi connectivity index (χ3n) is 2.82. The van der Waals surface area contributed by atoms with Gasteiger partial charge in [0.05, 0.1) is 28.8 Å². The highest BCUT2D eigenvalue weighted by molar-refractivity contribution is 14.0. The fourth-order valence-corrected chi connectivity index (χ4v) is 3.22. The van der Waals surface area contributed by atoms with Crippen molar-refractivity contribution >= 4 is 52.6 Å². The lowest BCUT2D eigenvalue weighted by Gasteiger charge is -2.21. The van der Waals surface area contributed by atoms with Gasteiger partial charge in [0.1, 0.15) is 0 Å². The minimum absolute atomic E-state index is 0. The maximum atomic E-state index is 4.68. The molecule has 0 radical (unpaired) electrons. The van der Waals surface area contributed by atoms with Crippen LogP contribution in [-0.2, 0) is 13.1 Å². The topological polar surface area (TPSA) is 53.4 Å². The van der Waals surface area contributed by atoms with Crippen molar-refractivity contribution in [1.29, 1.82) is 0 Å². The molecule has 0 spiro atoms. The first kappa shape index (κ1) is 19.3. The van der Waals surface area contributed by atoms with Crippen LogP contribution in [0.15, 0.2) is 16.6 Å². The van der Waals surface area contributed by atoms with Gasteiger partial charge in [-0.15, -0.1) is 46.7 Å². The molecule has 2 aromatic rings. The van der Waals surface area contributed by atoms with Crippen LogP contribution >= 0.6 is 46.7 Å². The van der Waals surface area contributed by atoms with Gasteiger partial charge >= 0.3 is 0 Å². The molecule has 8 heteroatoms. The Hall–Kier alpha value is -0.740. The molecule has 122 valence electrons. The number of hydrogen-bond acceptors (Lipinski definition) is 5. The number of aliphatic imine (C=N–C) groups is 1. The largest absolute Gasteiger partial charge is 0.357 e. The van der Waals surface area contributed by atoms with E-state index in [0.717, 1.165) is 34.8 Å². The summed E-state index contributed by atoms with van der Waals surface area (Å²) >= 11 is 3.37. The molecule has 0 atom stereocenters. The first-order valence-electron chi connectivity index (χ1n) is 6.90. The summed E-state index contributed by atoms with van der Waals surface area (Å²) in [6.07, 6.45) is 1.90. The van der Waals surface area contributed by atoms with Crippen molar-refractivity contribution in [2.24, 2.45) is 4.99 Å². The maximum absolute atomic E-state index is 4.68. The number of halogens is 1. The molecule has 22 heavy (non-hydrogen) atoms. The van der Waals surface area contributed by atoms with Crippen molar-refractivity contribution in [1.82, 2.24) is 20.2 Å². The Morgan fingerprint density at radius 2 is 2.14 bits per heavy atom. The molecule has 2 heterocycles. The summed E-state index contributed by atoms with van der Waals surface area (Å²) in [5, 5.41) is 7.60. The van der Waals surface area contributed by atoms with E-state index in [0.29, 0.717) is 6.54 Å². The first-order chi connectivity index (χ1) is 10.1. The molecule has 0 aromatic carbocycles. The van der Waals surface area contributed by atoms with Gasteiger partial charge in [0.25, 0.3) is 0 Å². The summed E-state index contributed by atoms with van der Waals surface area (Å²) in [6.45, 7) is 8.39. The molecule has 5 nitrogen and oxygen atoms in total. The quantitative estimate of drug-likeness (QED) is 0.430. The van der Waals surface area contributed by atoms with Crippen molar-refractivity contribution in [3.8, 4) is 0 Å². The van der Waals surface area contributed by atoms with Crippen LogP contribution in [0, 0.1) is 13.8 Å². The van der Waals surface area contributed by atoms with Gasteiger partial charge in [-0.25, -0.2) is 15.0 Å². The van der Waals surface area contributed by atoms with E-state index in [-0.39, 0.29) is 24.0 Å². The van der Waals surface area contributed by atoms with Crippen molar-refractivity contribution < 1.29 is 0 Å². The second kappa shape index (κ2) is 9.41. The lowest BCUT2D eigenvalue weighted by Crippen LogP contribution is -2.38. The molecular weight excluding hydrogens is 429 g/mol. The molecule has 2 rings (SSSR count). The van der Waals surface area contributed by atoms with E-state index >= 15 is 0 Å². The van der Waals surface area contributed by atoms with Crippen LogP contribution in [-0.4, -0.2) is 34.4 Å². The first-order valence-corrected chi connectivity index (χ1v) is 8.60. The molecule has 0 fully saturated rings. The molecule has 0 aliphatic carbocycles. The highest BCUT2D eigenvalue weighted by atomic mass is 127. The fourth-order valence-electron chi connectivity index (χ4n) is 1.90. The van der Waals surface area contributed by atoms with Crippen LogP contribution in [0.2, 0.25) is 0 Å². The zero-order valence-electron chi connectivity index (χ0n) is 13.3. The predicted molar refractivity (Wildman–Crippen MR) is 105 cm³/mol. The number of thiazole rings is 2. The van der Waals surface area contributed by atoms with Crippen molar-refractivity contribution in [2.75, 3.05) is 13.6 Å². The summed E-state index contributed by atoms with van der Waals surface area (Å²) in [6, 6.07) is 0. The number of aryl methyl sites for hydroxylation is 2. The van der Waals surface area contributed by atoms with Gasteiger partial charge in [0, 0.05) is 30.0 Å². The standard InChI is InChI=1S/C14H21N5S2.HI/c1-5-15-14(17-7-13-6-16-10(2)21-13)19(4)8-12-9-20-11(3)18-12;/h6,9H,5,7-8H2,1-4H3,(H,15,17);1H. The van der Waals surface area contributed by atoms with Gasteiger partial charge in [-0.3, -0.25) is 0 Å². The van der Waals surface area contributed by atoms with E-state index in [2.05, 4.69) is 37.5 Å². The zero-order valence-corrected chi connectivity index (χ0v) is 17.3. The maximum Gasteiger partial charge on any atom is 0.194 e. The summed E-state index contributed by atoms with van der Waals surface area (Å²) in [5.74, 6) is 0.897. The number of nitrogens with zero attached hydrogens (tertiary/aromatic N) is 4. The zero-order chi connectivity index (χ0) is 15.2. The number of aromatic nitrogens is 2. The molecule has 1 N–H and O–H groups in total. The molecular formula is C14H22IN5S2. The van der Waals surface area contributed by atoms with Crippen LogP contribution in [0.3, 0.4) is 0 Å². The van der Waals surface area contributed by atoms with Crippen LogP contribution in [0.1, 0.15) is 27.5 Å². The minimum atomic E-state index is 0. The second-order valence-corrected chi connectivity index (χ2v) is 7.11. The van der Waals surface area contributed by atoms with E-state index in [1.54, 1.807) is 22.7 Å². The summed E-state index contributed by atoms with van der Waals surface area (Å²) in [7, 11) is 2.04. The van der Waals surface area contributed by atoms with Crippen LogP contribution in [0.4, 0.5) is 0 Å². The number of guanidine groups is 1. The average molecular weight is 451 g/mol. The van der Waals surface area contributed by atoms with Gasteiger partial charge in [0.2, 0.25) is 0 Å². The third-order valence-corrected chi connectivity index (χ3v) is 4.54. The summed E-state index contributed by atoms with van der Waals surface area (Å²) in [4.78, 5) is 16.7. The molecule has 0 unspecified atom stereocenters. The predicted octanol–water partition coefficient (Wildman–Crippen LogP) is 3.43. The van der Waals surface area contributed by atoms with Gasteiger partial charge in [-0.05, 0) is 20.8 Å². The van der Waals surface area contributed by atoms with Gasteiger partial charge < -0.3 is 10.2 Å². The van der Waals surface area contributed by atoms with E-state index in [1.165, 1.54) is 4.88 Å². The summed E-state index contributed by atoms with van der Waals surface area (Å²) in [5.41, 5.74) is 1.08. The molecule has 0 aliphatic heterocycles. The Labute approximate surface area is 156 Å². The van der Waals surface area contributed by atoms with Gasteiger partial charge in [-0.2, -0.15) is 0 Å². The van der Waals surface area contributed by atoms with Gasteiger partial charge in [0.15, 0.2) is 5.96 Å². The van der Waals surface area contributed by atoms with Crippen molar-refractivity contribution in [3.05, 3.63) is 32.2 Å². The SMILES string of the molecule is CCNC(=NCc1cnc(C)s1)N(C)Cc1csc(C)n1.I. The lowest BCUT2D eigenvalue weighted by molar-refractivity contribution is 0.471. The Balaban J connectivity index is 0.00000242. The number of nitrogens with one attached hydrogen (secondary N) is 1. The Morgan fingerprint density at radius 1 is 1.36 bits per heavy atom. The lowest BCUT2D eigenvalue weighted by atomic mass is 10.4. The average Bonchev–Trinajstić information content (AvgIpc) is 3.03. The molecule has 0 saturated carbocycles. The number of rotatable bonds is 5. The second-order valence-electron chi connectivity index (χ2n) is 4.73. The Kier molecular flexibility index (Phi) is 8.26. The highest BCUT2D eigenvalue weighted by Gasteiger charge is 2.09. The van der Waals surface area contributed by atoms with Crippen LogP contribution in [0.5, 0.6) is 0 Å². The minimum Gasteiger partial charge on any atom is -0.357 e. The van der Waals surface area contributed by atoms with Crippen molar-refractivity contribution in [3.63, 3.8) is 0 Å². The third kappa shape index (κ3) is 5.81. The highest BCUT2D eigenvalue weighted by Crippen LogP contribution is 2.13. The molecule has 2 aromatic heterocycles. The summed E-state index contributed by atoms with van der Waals surface area (Å²) < 4.78 is 0. The molecule has 0 aliphatic rings. The monoisotopic (exact) mass is 451 g/mol. The normalized spacial score (nSPS) is 11.2. The van der Waals surface area contributed by atoms with E-state index in [1.807, 2.05) is 27.1 Å². The van der Waals surface area contributed by atoms with Gasteiger partial charge in [-0.1, -0.05) is 0 Å². The molecule has 0 saturated heterocycles. The van der Waals surface area contributed by atoms with E-state index < -0.39 is 0 Å². The fraction of sp³-hybridized carbons (Fsp3) is 0.500.